The quantitative estimate of drug-likeness (QED) is 0.605. The summed E-state index contributed by atoms with van der Waals surface area (Å²) in [4.78, 5) is 11.9. The molecule has 0 saturated carbocycles. The van der Waals surface area contributed by atoms with Crippen LogP contribution in [-0.4, -0.2) is 10.4 Å². The first-order valence-corrected chi connectivity index (χ1v) is 8.10. The molecule has 0 fully saturated rings. The molecule has 0 atom stereocenters. The number of rotatable bonds is 6. The molecule has 24 heavy (non-hydrogen) atoms. The molecule has 0 bridgehead atoms. The molecule has 3 aromatic rings. The third-order valence-corrected chi connectivity index (χ3v) is 4.13. The summed E-state index contributed by atoms with van der Waals surface area (Å²) < 4.78 is 15.0. The van der Waals surface area contributed by atoms with Crippen LogP contribution in [0.1, 0.15) is 34.1 Å². The van der Waals surface area contributed by atoms with E-state index in [-0.39, 0.29) is 11.6 Å². The van der Waals surface area contributed by atoms with Gasteiger partial charge in [-0.1, -0.05) is 42.5 Å². The number of carbonyl (C=O) groups excluding carboxylic acids is 1. The first-order valence-electron chi connectivity index (χ1n) is 8.10. The van der Waals surface area contributed by atoms with Crippen molar-refractivity contribution < 1.29 is 9.18 Å². The summed E-state index contributed by atoms with van der Waals surface area (Å²) in [5.41, 5.74) is 4.10. The molecule has 3 heteroatoms. The third kappa shape index (κ3) is 3.99. The number of ketones is 1. The van der Waals surface area contributed by atoms with Gasteiger partial charge in [-0.15, -0.1) is 0 Å². The maximum absolute atomic E-state index is 13.0. The molecule has 0 aliphatic carbocycles. The van der Waals surface area contributed by atoms with E-state index in [0.29, 0.717) is 12.2 Å². The summed E-state index contributed by atoms with van der Waals surface area (Å²) in [5.74, 6) is -0.204. The van der Waals surface area contributed by atoms with E-state index in [1.165, 1.54) is 17.7 Å². The number of carbonyl (C=O) groups is 1. The highest BCUT2D eigenvalue weighted by atomic mass is 19.1. The first kappa shape index (κ1) is 16.2. The van der Waals surface area contributed by atoms with Crippen molar-refractivity contribution in [1.82, 2.24) is 4.57 Å². The number of benzene rings is 2. The molecule has 1 aromatic heterocycles. The average Bonchev–Trinajstić information content (AvgIpc) is 2.99. The lowest BCUT2D eigenvalue weighted by Gasteiger charge is -2.07. The average molecular weight is 321 g/mol. The molecule has 0 radical (unpaired) electrons. The molecule has 0 aliphatic heterocycles. The van der Waals surface area contributed by atoms with Crippen LogP contribution in [0, 0.1) is 5.82 Å². The topological polar surface area (TPSA) is 22.0 Å². The molecule has 0 amide bonds. The Labute approximate surface area is 141 Å². The Balaban J connectivity index is 1.77. The summed E-state index contributed by atoms with van der Waals surface area (Å²) in [6, 6.07) is 18.7. The van der Waals surface area contributed by atoms with Crippen molar-refractivity contribution in [1.29, 1.82) is 0 Å². The molecule has 2 aromatic carbocycles. The van der Waals surface area contributed by atoms with Gasteiger partial charge in [-0.25, -0.2) is 4.39 Å². The predicted molar refractivity (Wildman–Crippen MR) is 93.8 cm³/mol. The number of hydrogen-bond acceptors (Lipinski definition) is 1. The van der Waals surface area contributed by atoms with Gasteiger partial charge in [-0.2, -0.15) is 0 Å². The second-order valence-corrected chi connectivity index (χ2v) is 6.03. The van der Waals surface area contributed by atoms with Crippen LogP contribution in [0.5, 0.6) is 0 Å². The minimum absolute atomic E-state index is 0.0445. The number of nitrogens with zero attached hydrogens (tertiary/aromatic N) is 1. The van der Waals surface area contributed by atoms with Crippen LogP contribution >= 0.6 is 0 Å². The van der Waals surface area contributed by atoms with E-state index in [9.17, 15) is 9.18 Å². The van der Waals surface area contributed by atoms with E-state index < -0.39 is 0 Å². The number of aryl methyl sites for hydroxylation is 2. The highest BCUT2D eigenvalue weighted by Gasteiger charge is 2.10. The predicted octanol–water partition coefficient (Wildman–Crippen LogP) is 4.66. The molecule has 0 aliphatic rings. The summed E-state index contributed by atoms with van der Waals surface area (Å²) in [6.07, 6.45) is 3.86. The zero-order valence-electron chi connectivity index (χ0n) is 13.7. The van der Waals surface area contributed by atoms with Crippen molar-refractivity contribution in [2.45, 2.75) is 26.3 Å². The van der Waals surface area contributed by atoms with Crippen LogP contribution in [0.3, 0.4) is 0 Å². The Morgan fingerprint density at radius 2 is 1.58 bits per heavy atom. The van der Waals surface area contributed by atoms with Crippen molar-refractivity contribution >= 4 is 5.78 Å². The zero-order chi connectivity index (χ0) is 16.9. The molecule has 0 unspecified atom stereocenters. The lowest BCUT2D eigenvalue weighted by Crippen LogP contribution is -2.06. The number of halogens is 1. The molecule has 3 rings (SSSR count). The summed E-state index contributed by atoms with van der Waals surface area (Å²) in [5, 5.41) is 0. The van der Waals surface area contributed by atoms with E-state index in [1.54, 1.807) is 19.1 Å². The van der Waals surface area contributed by atoms with Crippen molar-refractivity contribution in [3.8, 4) is 0 Å². The highest BCUT2D eigenvalue weighted by molar-refractivity contribution is 5.92. The number of Topliss-reactive ketones (excluding diaryl/α,β-unsaturated/α-hetero) is 1. The molecule has 0 saturated heterocycles. The Morgan fingerprint density at radius 1 is 0.917 bits per heavy atom. The van der Waals surface area contributed by atoms with E-state index in [4.69, 9.17) is 0 Å². The van der Waals surface area contributed by atoms with Crippen LogP contribution < -0.4 is 0 Å². The molecular weight excluding hydrogens is 301 g/mol. The largest absolute Gasteiger partial charge is 0.340 e. The Morgan fingerprint density at radius 3 is 2.25 bits per heavy atom. The first-order chi connectivity index (χ1) is 11.6. The van der Waals surface area contributed by atoms with Gasteiger partial charge in [0.25, 0.3) is 0 Å². The van der Waals surface area contributed by atoms with Crippen LogP contribution in [-0.2, 0) is 19.4 Å². The molecule has 2 nitrogen and oxygen atoms in total. The fourth-order valence-corrected chi connectivity index (χ4v) is 2.86. The lowest BCUT2D eigenvalue weighted by molar-refractivity contribution is 0.100. The van der Waals surface area contributed by atoms with Gasteiger partial charge >= 0.3 is 0 Å². The fourth-order valence-electron chi connectivity index (χ4n) is 2.86. The van der Waals surface area contributed by atoms with Gasteiger partial charge in [-0.05, 0) is 47.7 Å². The number of hydrogen-bond donors (Lipinski definition) is 0. The van der Waals surface area contributed by atoms with Crippen molar-refractivity contribution in [3.05, 3.63) is 95.1 Å². The second-order valence-electron chi connectivity index (χ2n) is 6.03. The molecular formula is C21H20FNO. The van der Waals surface area contributed by atoms with E-state index >= 15 is 0 Å². The van der Waals surface area contributed by atoms with Gasteiger partial charge in [-0.3, -0.25) is 4.79 Å². The normalized spacial score (nSPS) is 10.8. The van der Waals surface area contributed by atoms with Crippen LogP contribution in [0.4, 0.5) is 4.39 Å². The summed E-state index contributed by atoms with van der Waals surface area (Å²) in [6.45, 7) is 2.15. The van der Waals surface area contributed by atoms with Crippen LogP contribution in [0.2, 0.25) is 0 Å². The highest BCUT2D eigenvalue weighted by Crippen LogP contribution is 2.15. The maximum atomic E-state index is 13.0. The zero-order valence-corrected chi connectivity index (χ0v) is 13.7. The Kier molecular flexibility index (Phi) is 4.90. The SMILES string of the molecule is CC(=O)c1cc(CCc2ccccc2)cn1Cc1ccc(F)cc1. The van der Waals surface area contributed by atoms with E-state index in [2.05, 4.69) is 12.1 Å². The van der Waals surface area contributed by atoms with Crippen LogP contribution in [0.15, 0.2) is 66.9 Å². The third-order valence-electron chi connectivity index (χ3n) is 4.13. The standard InChI is InChI=1S/C21H20FNO/c1-16(24)21-13-19(8-7-17-5-3-2-4-6-17)15-23(21)14-18-9-11-20(22)12-10-18/h2-6,9-13,15H,7-8,14H2,1H3. The molecule has 0 spiro atoms. The minimum Gasteiger partial charge on any atom is -0.340 e. The maximum Gasteiger partial charge on any atom is 0.176 e. The molecule has 122 valence electrons. The van der Waals surface area contributed by atoms with Gasteiger partial charge in [0.2, 0.25) is 0 Å². The lowest BCUT2D eigenvalue weighted by atomic mass is 10.1. The monoisotopic (exact) mass is 321 g/mol. The Bertz CT molecular complexity index is 819. The minimum atomic E-state index is -0.249. The fraction of sp³-hybridized carbons (Fsp3) is 0.190. The second kappa shape index (κ2) is 7.26. The van der Waals surface area contributed by atoms with Crippen molar-refractivity contribution in [2.24, 2.45) is 0 Å². The van der Waals surface area contributed by atoms with Crippen molar-refractivity contribution in [3.63, 3.8) is 0 Å². The van der Waals surface area contributed by atoms with Crippen molar-refractivity contribution in [2.75, 3.05) is 0 Å². The molecule has 1 heterocycles. The van der Waals surface area contributed by atoms with Gasteiger partial charge in [0.05, 0.1) is 5.69 Å². The van der Waals surface area contributed by atoms with E-state index in [0.717, 1.165) is 24.0 Å². The van der Waals surface area contributed by atoms with Gasteiger partial charge in [0.15, 0.2) is 5.78 Å². The molecule has 0 N–H and O–H groups in total. The van der Waals surface area contributed by atoms with Gasteiger partial charge in [0.1, 0.15) is 5.82 Å². The van der Waals surface area contributed by atoms with E-state index in [1.807, 2.05) is 35.0 Å². The van der Waals surface area contributed by atoms with Gasteiger partial charge in [0, 0.05) is 19.7 Å². The summed E-state index contributed by atoms with van der Waals surface area (Å²) >= 11 is 0. The summed E-state index contributed by atoms with van der Waals surface area (Å²) in [7, 11) is 0. The number of aromatic nitrogens is 1. The Hall–Kier alpha value is -2.68. The van der Waals surface area contributed by atoms with Crippen LogP contribution in [0.25, 0.3) is 0 Å². The smallest absolute Gasteiger partial charge is 0.176 e. The van der Waals surface area contributed by atoms with Gasteiger partial charge < -0.3 is 4.57 Å².